The number of hydrogen-bond donors (Lipinski definition) is 2. The van der Waals surface area contributed by atoms with Crippen molar-refractivity contribution in [3.63, 3.8) is 0 Å². The van der Waals surface area contributed by atoms with E-state index in [0.717, 1.165) is 29.2 Å². The van der Waals surface area contributed by atoms with Gasteiger partial charge in [-0.25, -0.2) is 14.4 Å². The lowest BCUT2D eigenvalue weighted by atomic mass is 10.3. The number of aliphatic imine (C=N–C) groups is 1. The maximum Gasteiger partial charge on any atom is 0.219 e. The predicted molar refractivity (Wildman–Crippen MR) is 125 cm³/mol. The second-order valence-electron chi connectivity index (χ2n) is 6.02. The molecule has 1 aromatic carbocycles. The van der Waals surface area contributed by atoms with Gasteiger partial charge in [0.25, 0.3) is 0 Å². The zero-order valence-electron chi connectivity index (χ0n) is 16.2. The second-order valence-corrected chi connectivity index (χ2v) is 7.09. The van der Waals surface area contributed by atoms with E-state index < -0.39 is 0 Å². The molecule has 0 unspecified atom stereocenters. The molecule has 0 aliphatic rings. The molecule has 0 aliphatic heterocycles. The SMILES string of the molecule is CN=C(NCCc1csc(C)n1)NCc1ccc(Oc2cccc(F)c2)nc1.I. The lowest BCUT2D eigenvalue weighted by Crippen LogP contribution is -2.37. The van der Waals surface area contributed by atoms with E-state index in [-0.39, 0.29) is 29.8 Å². The molecule has 2 heterocycles. The number of nitrogens with one attached hydrogen (secondary N) is 2. The van der Waals surface area contributed by atoms with Crippen molar-refractivity contribution in [1.29, 1.82) is 0 Å². The molecule has 0 bridgehead atoms. The lowest BCUT2D eigenvalue weighted by molar-refractivity contribution is 0.457. The minimum absolute atomic E-state index is 0. The topological polar surface area (TPSA) is 71.4 Å². The van der Waals surface area contributed by atoms with Crippen molar-refractivity contribution in [1.82, 2.24) is 20.6 Å². The van der Waals surface area contributed by atoms with Crippen LogP contribution in [-0.2, 0) is 13.0 Å². The van der Waals surface area contributed by atoms with Crippen LogP contribution in [0.4, 0.5) is 4.39 Å². The molecule has 0 aliphatic carbocycles. The zero-order chi connectivity index (χ0) is 19.8. The smallest absolute Gasteiger partial charge is 0.219 e. The molecule has 2 N–H and O–H groups in total. The van der Waals surface area contributed by atoms with Gasteiger partial charge in [-0.05, 0) is 24.6 Å². The van der Waals surface area contributed by atoms with Gasteiger partial charge in [0.15, 0.2) is 5.96 Å². The number of guanidine groups is 1. The van der Waals surface area contributed by atoms with Gasteiger partial charge in [0.2, 0.25) is 5.88 Å². The Morgan fingerprint density at radius 3 is 2.76 bits per heavy atom. The van der Waals surface area contributed by atoms with Crippen LogP contribution in [0.25, 0.3) is 0 Å². The van der Waals surface area contributed by atoms with Crippen molar-refractivity contribution in [2.75, 3.05) is 13.6 Å². The molecule has 0 fully saturated rings. The van der Waals surface area contributed by atoms with Crippen LogP contribution in [0.5, 0.6) is 11.6 Å². The third-order valence-corrected chi connectivity index (χ3v) is 4.66. The minimum atomic E-state index is -0.345. The summed E-state index contributed by atoms with van der Waals surface area (Å²) in [5.41, 5.74) is 2.06. The first-order valence-electron chi connectivity index (χ1n) is 8.86. The summed E-state index contributed by atoms with van der Waals surface area (Å²) < 4.78 is 18.7. The number of thiazole rings is 1. The van der Waals surface area contributed by atoms with Gasteiger partial charge >= 0.3 is 0 Å². The molecule has 0 atom stereocenters. The van der Waals surface area contributed by atoms with Crippen LogP contribution >= 0.6 is 35.3 Å². The number of nitrogens with zero attached hydrogens (tertiary/aromatic N) is 3. The highest BCUT2D eigenvalue weighted by Gasteiger charge is 2.03. The van der Waals surface area contributed by atoms with Crippen molar-refractivity contribution >= 4 is 41.3 Å². The van der Waals surface area contributed by atoms with Gasteiger partial charge in [-0.15, -0.1) is 35.3 Å². The summed E-state index contributed by atoms with van der Waals surface area (Å²) in [4.78, 5) is 12.9. The summed E-state index contributed by atoms with van der Waals surface area (Å²) in [6.45, 7) is 3.33. The van der Waals surface area contributed by atoms with E-state index in [1.807, 2.05) is 13.0 Å². The Labute approximate surface area is 190 Å². The Hall–Kier alpha value is -2.27. The fourth-order valence-electron chi connectivity index (χ4n) is 2.47. The molecule has 6 nitrogen and oxygen atoms in total. The van der Waals surface area contributed by atoms with Crippen LogP contribution < -0.4 is 15.4 Å². The van der Waals surface area contributed by atoms with Crippen LogP contribution in [0.1, 0.15) is 16.3 Å². The first-order chi connectivity index (χ1) is 13.6. The van der Waals surface area contributed by atoms with E-state index in [0.29, 0.717) is 24.1 Å². The maximum absolute atomic E-state index is 13.2. The van der Waals surface area contributed by atoms with E-state index in [9.17, 15) is 4.39 Å². The Kier molecular flexibility index (Phi) is 9.26. The molecular formula is C20H23FIN5OS. The minimum Gasteiger partial charge on any atom is -0.439 e. The van der Waals surface area contributed by atoms with Crippen LogP contribution in [0.3, 0.4) is 0 Å². The average Bonchev–Trinajstić information content (AvgIpc) is 3.11. The molecule has 0 saturated carbocycles. The molecule has 0 spiro atoms. The van der Waals surface area contributed by atoms with Crippen molar-refractivity contribution in [2.45, 2.75) is 19.9 Å². The Morgan fingerprint density at radius 2 is 2.10 bits per heavy atom. The third kappa shape index (κ3) is 7.58. The van der Waals surface area contributed by atoms with Crippen LogP contribution in [0.2, 0.25) is 0 Å². The lowest BCUT2D eigenvalue weighted by Gasteiger charge is -2.11. The molecule has 3 aromatic rings. The zero-order valence-corrected chi connectivity index (χ0v) is 19.3. The Balaban J connectivity index is 0.00000300. The van der Waals surface area contributed by atoms with Gasteiger partial charge in [0.05, 0.1) is 10.7 Å². The first-order valence-corrected chi connectivity index (χ1v) is 9.74. The number of pyridine rings is 1. The summed E-state index contributed by atoms with van der Waals surface area (Å²) in [6, 6.07) is 9.62. The van der Waals surface area contributed by atoms with Gasteiger partial charge in [-0.1, -0.05) is 12.1 Å². The normalized spacial score (nSPS) is 10.9. The van der Waals surface area contributed by atoms with Crippen molar-refractivity contribution in [2.24, 2.45) is 4.99 Å². The van der Waals surface area contributed by atoms with Crippen LogP contribution in [0.15, 0.2) is 53.0 Å². The summed E-state index contributed by atoms with van der Waals surface area (Å²) in [7, 11) is 1.73. The predicted octanol–water partition coefficient (Wildman–Crippen LogP) is 4.30. The highest BCUT2D eigenvalue weighted by atomic mass is 127. The summed E-state index contributed by atoms with van der Waals surface area (Å²) in [5, 5.41) is 9.67. The number of benzene rings is 1. The standard InChI is InChI=1S/C20H22FN5OS.HI/c1-14-26-17(13-28-14)8-9-23-20(22-2)25-12-15-6-7-19(24-11-15)27-18-5-3-4-16(21)10-18;/h3-7,10-11,13H,8-9,12H2,1-2H3,(H2,22,23,25);1H. The first kappa shape index (κ1) is 23.0. The fraction of sp³-hybridized carbons (Fsp3) is 0.250. The molecule has 3 rings (SSSR count). The van der Waals surface area contributed by atoms with E-state index in [1.54, 1.807) is 42.8 Å². The second kappa shape index (κ2) is 11.7. The van der Waals surface area contributed by atoms with Gasteiger partial charge in [-0.3, -0.25) is 4.99 Å². The molecular weight excluding hydrogens is 504 g/mol. The van der Waals surface area contributed by atoms with E-state index in [2.05, 4.69) is 31.0 Å². The highest BCUT2D eigenvalue weighted by molar-refractivity contribution is 14.0. The number of halogens is 2. The van der Waals surface area contributed by atoms with E-state index >= 15 is 0 Å². The molecule has 9 heteroatoms. The number of rotatable bonds is 7. The maximum atomic E-state index is 13.2. The molecule has 0 radical (unpaired) electrons. The quantitative estimate of drug-likeness (QED) is 0.273. The van der Waals surface area contributed by atoms with Gasteiger partial charge in [0, 0.05) is 50.3 Å². The summed E-state index contributed by atoms with van der Waals surface area (Å²) in [5.74, 6) is 1.20. The van der Waals surface area contributed by atoms with Crippen molar-refractivity contribution < 1.29 is 9.13 Å². The Morgan fingerprint density at radius 1 is 1.24 bits per heavy atom. The average molecular weight is 527 g/mol. The molecule has 0 saturated heterocycles. The molecule has 154 valence electrons. The monoisotopic (exact) mass is 527 g/mol. The summed E-state index contributed by atoms with van der Waals surface area (Å²) in [6.07, 6.45) is 2.56. The number of aromatic nitrogens is 2. The van der Waals surface area contributed by atoms with E-state index in [4.69, 9.17) is 4.74 Å². The highest BCUT2D eigenvalue weighted by Crippen LogP contribution is 2.19. The van der Waals surface area contributed by atoms with Crippen molar-refractivity contribution in [3.05, 3.63) is 70.1 Å². The number of hydrogen-bond acceptors (Lipinski definition) is 5. The van der Waals surface area contributed by atoms with Crippen LogP contribution in [-0.4, -0.2) is 29.5 Å². The van der Waals surface area contributed by atoms with Gasteiger partial charge in [0.1, 0.15) is 11.6 Å². The number of aryl methyl sites for hydroxylation is 1. The fourth-order valence-corrected chi connectivity index (χ4v) is 3.11. The Bertz CT molecular complexity index is 933. The molecule has 29 heavy (non-hydrogen) atoms. The van der Waals surface area contributed by atoms with Gasteiger partial charge in [-0.2, -0.15) is 0 Å². The molecule has 2 aromatic heterocycles. The third-order valence-electron chi connectivity index (χ3n) is 3.84. The van der Waals surface area contributed by atoms with E-state index in [1.165, 1.54) is 12.1 Å². The largest absolute Gasteiger partial charge is 0.439 e. The number of ether oxygens (including phenoxy) is 1. The van der Waals surface area contributed by atoms with Crippen LogP contribution in [0, 0.1) is 12.7 Å². The van der Waals surface area contributed by atoms with Gasteiger partial charge < -0.3 is 15.4 Å². The molecule has 0 amide bonds. The van der Waals surface area contributed by atoms with Crippen molar-refractivity contribution in [3.8, 4) is 11.6 Å². The summed E-state index contributed by atoms with van der Waals surface area (Å²) >= 11 is 1.66.